The van der Waals surface area contributed by atoms with Crippen molar-refractivity contribution in [3.63, 3.8) is 0 Å². The topological polar surface area (TPSA) is 25.8 Å². The van der Waals surface area contributed by atoms with Crippen LogP contribution in [-0.4, -0.2) is 9.97 Å². The minimum Gasteiger partial charge on any atom is -0.235 e. The number of hydrogen-bond acceptors (Lipinski definition) is 3. The highest BCUT2D eigenvalue weighted by atomic mass is 32.1. The molecule has 4 rings (SSSR count). The maximum atomic E-state index is 4.56. The van der Waals surface area contributed by atoms with E-state index < -0.39 is 0 Å². The van der Waals surface area contributed by atoms with E-state index >= 15 is 0 Å². The molecule has 3 aromatic rings. The van der Waals surface area contributed by atoms with Gasteiger partial charge in [-0.2, -0.15) is 0 Å². The molecule has 21 heavy (non-hydrogen) atoms. The standard InChI is InChI=1S/C18H18N2S/c1-12-8-14(13-4-2-3-5-13)10-15(9-12)17-18-16(6-7-21-18)19-11-20-17/h6-11,13H,2-5H2,1H3. The van der Waals surface area contributed by atoms with E-state index in [1.165, 1.54) is 47.1 Å². The minimum atomic E-state index is 0.740. The van der Waals surface area contributed by atoms with E-state index in [1.807, 2.05) is 0 Å². The summed E-state index contributed by atoms with van der Waals surface area (Å²) in [6.45, 7) is 2.19. The van der Waals surface area contributed by atoms with Crippen LogP contribution in [0.25, 0.3) is 21.5 Å². The Morgan fingerprint density at radius 3 is 2.81 bits per heavy atom. The number of aryl methyl sites for hydroxylation is 1. The van der Waals surface area contributed by atoms with Crippen LogP contribution < -0.4 is 0 Å². The van der Waals surface area contributed by atoms with Crippen molar-refractivity contribution in [2.75, 3.05) is 0 Å². The highest BCUT2D eigenvalue weighted by Crippen LogP contribution is 2.37. The van der Waals surface area contributed by atoms with Crippen molar-refractivity contribution in [2.24, 2.45) is 0 Å². The molecule has 106 valence electrons. The first kappa shape index (κ1) is 13.0. The number of nitrogens with zero attached hydrogens (tertiary/aromatic N) is 2. The fraction of sp³-hybridized carbons (Fsp3) is 0.333. The van der Waals surface area contributed by atoms with Crippen LogP contribution in [0.1, 0.15) is 42.7 Å². The van der Waals surface area contributed by atoms with Gasteiger partial charge in [-0.15, -0.1) is 11.3 Å². The normalized spacial score (nSPS) is 15.9. The molecule has 0 aliphatic heterocycles. The van der Waals surface area contributed by atoms with Crippen LogP contribution in [0.5, 0.6) is 0 Å². The van der Waals surface area contributed by atoms with Crippen LogP contribution in [0.4, 0.5) is 0 Å². The Bertz CT molecular complexity index is 785. The Balaban J connectivity index is 1.86. The number of thiophene rings is 1. The van der Waals surface area contributed by atoms with E-state index in [0.717, 1.165) is 17.1 Å². The van der Waals surface area contributed by atoms with Gasteiger partial charge in [0.05, 0.1) is 15.9 Å². The molecule has 0 spiro atoms. The van der Waals surface area contributed by atoms with Crippen molar-refractivity contribution in [1.29, 1.82) is 0 Å². The molecule has 0 saturated heterocycles. The highest BCUT2D eigenvalue weighted by Gasteiger charge is 2.18. The molecule has 1 aliphatic rings. The lowest BCUT2D eigenvalue weighted by molar-refractivity contribution is 0.723. The average molecular weight is 294 g/mol. The van der Waals surface area contributed by atoms with Crippen LogP contribution in [0.15, 0.2) is 36.0 Å². The maximum absolute atomic E-state index is 4.56. The van der Waals surface area contributed by atoms with Gasteiger partial charge in [-0.1, -0.05) is 24.5 Å². The predicted octanol–water partition coefficient (Wildman–Crippen LogP) is 5.32. The Kier molecular flexibility index (Phi) is 3.23. The third kappa shape index (κ3) is 2.36. The van der Waals surface area contributed by atoms with E-state index in [0.29, 0.717) is 0 Å². The van der Waals surface area contributed by atoms with E-state index in [1.54, 1.807) is 17.7 Å². The van der Waals surface area contributed by atoms with E-state index in [2.05, 4.69) is 46.5 Å². The molecular weight excluding hydrogens is 276 g/mol. The van der Waals surface area contributed by atoms with Gasteiger partial charge < -0.3 is 0 Å². The smallest absolute Gasteiger partial charge is 0.116 e. The lowest BCUT2D eigenvalue weighted by Gasteiger charge is -2.13. The number of rotatable bonds is 2. The van der Waals surface area contributed by atoms with Gasteiger partial charge in [0.25, 0.3) is 0 Å². The largest absolute Gasteiger partial charge is 0.235 e. The van der Waals surface area contributed by atoms with E-state index in [4.69, 9.17) is 0 Å². The zero-order valence-electron chi connectivity index (χ0n) is 12.2. The molecule has 1 fully saturated rings. The number of benzene rings is 1. The molecule has 1 aliphatic carbocycles. The Morgan fingerprint density at radius 1 is 1.10 bits per heavy atom. The molecule has 0 unspecified atom stereocenters. The summed E-state index contributed by atoms with van der Waals surface area (Å²) < 4.78 is 1.19. The summed E-state index contributed by atoms with van der Waals surface area (Å²) in [5.74, 6) is 0.740. The van der Waals surface area contributed by atoms with Crippen molar-refractivity contribution >= 4 is 21.6 Å². The molecule has 0 amide bonds. The minimum absolute atomic E-state index is 0.740. The molecular formula is C18H18N2S. The summed E-state index contributed by atoms with van der Waals surface area (Å²) in [7, 11) is 0. The monoisotopic (exact) mass is 294 g/mol. The molecule has 2 nitrogen and oxygen atoms in total. The molecule has 2 aromatic heterocycles. The lowest BCUT2D eigenvalue weighted by Crippen LogP contribution is -1.95. The first-order valence-corrected chi connectivity index (χ1v) is 8.49. The molecule has 0 bridgehead atoms. The van der Waals surface area contributed by atoms with Crippen LogP contribution in [0.2, 0.25) is 0 Å². The van der Waals surface area contributed by atoms with Crippen molar-refractivity contribution in [1.82, 2.24) is 9.97 Å². The highest BCUT2D eigenvalue weighted by molar-refractivity contribution is 7.17. The second-order valence-electron chi connectivity index (χ2n) is 5.97. The van der Waals surface area contributed by atoms with Gasteiger partial charge in [0, 0.05) is 5.56 Å². The number of fused-ring (bicyclic) bond motifs is 1. The van der Waals surface area contributed by atoms with Gasteiger partial charge in [0.15, 0.2) is 0 Å². The summed E-state index contributed by atoms with van der Waals surface area (Å²) in [5.41, 5.74) is 6.20. The van der Waals surface area contributed by atoms with Gasteiger partial charge in [-0.3, -0.25) is 0 Å². The van der Waals surface area contributed by atoms with Gasteiger partial charge >= 0.3 is 0 Å². The Hall–Kier alpha value is -1.74. The summed E-state index contributed by atoms with van der Waals surface area (Å²) in [6, 6.07) is 9.02. The van der Waals surface area contributed by atoms with E-state index in [-0.39, 0.29) is 0 Å². The van der Waals surface area contributed by atoms with Crippen molar-refractivity contribution in [2.45, 2.75) is 38.5 Å². The van der Waals surface area contributed by atoms with Crippen molar-refractivity contribution < 1.29 is 0 Å². The number of hydrogen-bond donors (Lipinski definition) is 0. The molecule has 0 N–H and O–H groups in total. The number of aromatic nitrogens is 2. The van der Waals surface area contributed by atoms with Crippen LogP contribution >= 0.6 is 11.3 Å². The fourth-order valence-electron chi connectivity index (χ4n) is 3.44. The summed E-state index contributed by atoms with van der Waals surface area (Å²) in [4.78, 5) is 8.91. The first-order valence-electron chi connectivity index (χ1n) is 7.61. The summed E-state index contributed by atoms with van der Waals surface area (Å²) >= 11 is 1.73. The second kappa shape index (κ2) is 5.23. The predicted molar refractivity (Wildman–Crippen MR) is 88.8 cm³/mol. The quantitative estimate of drug-likeness (QED) is 0.639. The van der Waals surface area contributed by atoms with E-state index in [9.17, 15) is 0 Å². The average Bonchev–Trinajstić information content (AvgIpc) is 3.17. The van der Waals surface area contributed by atoms with Crippen molar-refractivity contribution in [3.8, 4) is 11.3 Å². The molecule has 1 saturated carbocycles. The van der Waals surface area contributed by atoms with Gasteiger partial charge in [0.2, 0.25) is 0 Å². The molecule has 0 radical (unpaired) electrons. The zero-order valence-corrected chi connectivity index (χ0v) is 13.0. The maximum Gasteiger partial charge on any atom is 0.116 e. The summed E-state index contributed by atoms with van der Waals surface area (Å²) in [5, 5.41) is 2.09. The molecule has 0 atom stereocenters. The van der Waals surface area contributed by atoms with Crippen LogP contribution in [0, 0.1) is 6.92 Å². The lowest BCUT2D eigenvalue weighted by atomic mass is 9.93. The molecule has 3 heteroatoms. The fourth-order valence-corrected chi connectivity index (χ4v) is 4.30. The Labute approximate surface area is 128 Å². The van der Waals surface area contributed by atoms with Gasteiger partial charge in [-0.25, -0.2) is 9.97 Å². The second-order valence-corrected chi connectivity index (χ2v) is 6.89. The zero-order chi connectivity index (χ0) is 14.2. The third-order valence-electron chi connectivity index (χ3n) is 4.44. The van der Waals surface area contributed by atoms with Gasteiger partial charge in [-0.05, 0) is 54.8 Å². The van der Waals surface area contributed by atoms with Crippen LogP contribution in [-0.2, 0) is 0 Å². The first-order chi connectivity index (χ1) is 10.3. The Morgan fingerprint density at radius 2 is 1.95 bits per heavy atom. The van der Waals surface area contributed by atoms with Crippen LogP contribution in [0.3, 0.4) is 0 Å². The van der Waals surface area contributed by atoms with Crippen molar-refractivity contribution in [3.05, 3.63) is 47.1 Å². The molecule has 2 heterocycles. The van der Waals surface area contributed by atoms with Gasteiger partial charge in [0.1, 0.15) is 6.33 Å². The molecule has 1 aromatic carbocycles. The SMILES string of the molecule is Cc1cc(-c2ncnc3ccsc23)cc(C2CCCC2)c1. The third-order valence-corrected chi connectivity index (χ3v) is 5.35. The summed E-state index contributed by atoms with van der Waals surface area (Å²) in [6.07, 6.45) is 7.09.